The summed E-state index contributed by atoms with van der Waals surface area (Å²) in [5.74, 6) is 1.47. The molecule has 2 aliphatic heterocycles. The van der Waals surface area contributed by atoms with E-state index in [1.807, 2.05) is 36.4 Å². The van der Waals surface area contributed by atoms with Gasteiger partial charge in [-0.3, -0.25) is 9.59 Å². The van der Waals surface area contributed by atoms with Crippen LogP contribution >= 0.6 is 11.3 Å². The van der Waals surface area contributed by atoms with Crippen LogP contribution in [0.15, 0.2) is 54.6 Å². The first-order chi connectivity index (χ1) is 16.5. The maximum atomic E-state index is 13.3. The van der Waals surface area contributed by atoms with E-state index < -0.39 is 0 Å². The fraction of sp³-hybridized carbons (Fsp3) is 0.333. The van der Waals surface area contributed by atoms with Gasteiger partial charge in [-0.2, -0.15) is 0 Å². The van der Waals surface area contributed by atoms with Gasteiger partial charge < -0.3 is 19.3 Å². The van der Waals surface area contributed by atoms with Gasteiger partial charge in [0.2, 0.25) is 11.8 Å². The molecule has 0 aliphatic carbocycles. The molecule has 2 aliphatic rings. The van der Waals surface area contributed by atoms with Crippen molar-refractivity contribution in [3.05, 3.63) is 70.6 Å². The lowest BCUT2D eigenvalue weighted by Crippen LogP contribution is -2.41. The highest BCUT2D eigenvalue weighted by molar-refractivity contribution is 7.15. The highest BCUT2D eigenvalue weighted by atomic mass is 32.1. The molecule has 0 bridgehead atoms. The lowest BCUT2D eigenvalue weighted by Gasteiger charge is -2.24. The number of methoxy groups -OCH3 is 1. The summed E-state index contributed by atoms with van der Waals surface area (Å²) in [4.78, 5) is 31.8. The minimum absolute atomic E-state index is 0.0331. The molecule has 0 spiro atoms. The van der Waals surface area contributed by atoms with Gasteiger partial charge in [-0.15, -0.1) is 11.3 Å². The molecule has 176 valence electrons. The summed E-state index contributed by atoms with van der Waals surface area (Å²) in [6.45, 7) is 4.03. The molecule has 1 saturated heterocycles. The topological polar surface area (TPSA) is 59.1 Å². The van der Waals surface area contributed by atoms with Crippen molar-refractivity contribution in [1.82, 2.24) is 9.80 Å². The number of thiophene rings is 1. The average molecular weight is 477 g/mol. The predicted molar refractivity (Wildman–Crippen MR) is 132 cm³/mol. The average Bonchev–Trinajstić information content (AvgIpc) is 3.37. The van der Waals surface area contributed by atoms with Crippen LogP contribution in [0.1, 0.15) is 28.3 Å². The van der Waals surface area contributed by atoms with Crippen LogP contribution in [0, 0.1) is 6.92 Å². The molecule has 3 aromatic rings. The third-order valence-corrected chi connectivity index (χ3v) is 7.56. The number of carbonyl (C=O) groups excluding carboxylic acids is 2. The first-order valence-electron chi connectivity index (χ1n) is 11.5. The molecule has 1 aromatic heterocycles. The van der Waals surface area contributed by atoms with Gasteiger partial charge in [0.15, 0.2) is 11.5 Å². The summed E-state index contributed by atoms with van der Waals surface area (Å²) in [6, 6.07) is 18.3. The van der Waals surface area contributed by atoms with Crippen LogP contribution in [0.25, 0.3) is 10.4 Å². The smallest absolute Gasteiger partial charge is 0.242 e. The quantitative estimate of drug-likeness (QED) is 0.545. The third kappa shape index (κ3) is 4.53. The number of ether oxygens (including phenoxy) is 2. The number of amides is 2. The molecule has 0 radical (unpaired) electrons. The number of carbonyl (C=O) groups is 2. The largest absolute Gasteiger partial charge is 0.493 e. The second-order valence-electron chi connectivity index (χ2n) is 8.83. The van der Waals surface area contributed by atoms with E-state index in [-0.39, 0.29) is 24.3 Å². The van der Waals surface area contributed by atoms with Crippen LogP contribution in [0.5, 0.6) is 11.5 Å². The van der Waals surface area contributed by atoms with E-state index in [0.717, 1.165) is 21.6 Å². The molecule has 6 nitrogen and oxygen atoms in total. The van der Waals surface area contributed by atoms with Crippen LogP contribution in [0.2, 0.25) is 0 Å². The zero-order valence-electron chi connectivity index (χ0n) is 19.5. The Hall–Kier alpha value is -3.32. The van der Waals surface area contributed by atoms with E-state index >= 15 is 0 Å². The number of aryl methyl sites for hydroxylation is 1. The van der Waals surface area contributed by atoms with Crippen molar-refractivity contribution in [1.29, 1.82) is 0 Å². The van der Waals surface area contributed by atoms with Gasteiger partial charge in [0.1, 0.15) is 6.61 Å². The molecule has 5 rings (SSSR count). The van der Waals surface area contributed by atoms with Crippen molar-refractivity contribution in [2.45, 2.75) is 25.8 Å². The summed E-state index contributed by atoms with van der Waals surface area (Å²) in [6.07, 6.45) is 0.448. The maximum absolute atomic E-state index is 13.3. The normalized spacial score (nSPS) is 17.8. The van der Waals surface area contributed by atoms with Crippen LogP contribution < -0.4 is 9.47 Å². The Morgan fingerprint density at radius 3 is 2.74 bits per heavy atom. The molecule has 2 aromatic carbocycles. The van der Waals surface area contributed by atoms with Gasteiger partial charge in [0.25, 0.3) is 0 Å². The van der Waals surface area contributed by atoms with Crippen molar-refractivity contribution < 1.29 is 19.1 Å². The van der Waals surface area contributed by atoms with Gasteiger partial charge in [-0.05, 0) is 42.3 Å². The van der Waals surface area contributed by atoms with E-state index in [0.29, 0.717) is 44.2 Å². The van der Waals surface area contributed by atoms with Crippen LogP contribution in [-0.2, 0) is 16.1 Å². The van der Waals surface area contributed by atoms with E-state index in [1.54, 1.807) is 28.2 Å². The van der Waals surface area contributed by atoms with Crippen molar-refractivity contribution >= 4 is 23.2 Å². The number of benzene rings is 2. The summed E-state index contributed by atoms with van der Waals surface area (Å²) in [5, 5.41) is 0. The van der Waals surface area contributed by atoms with Gasteiger partial charge in [0, 0.05) is 40.7 Å². The maximum Gasteiger partial charge on any atom is 0.242 e. The van der Waals surface area contributed by atoms with Crippen molar-refractivity contribution in [2.75, 3.05) is 33.4 Å². The predicted octanol–water partition coefficient (Wildman–Crippen LogP) is 4.47. The van der Waals surface area contributed by atoms with Crippen LogP contribution in [-0.4, -0.2) is 55.0 Å². The molecule has 2 amide bonds. The minimum atomic E-state index is -0.0603. The number of nitrogens with zero attached hydrogens (tertiary/aromatic N) is 2. The Morgan fingerprint density at radius 1 is 1.18 bits per heavy atom. The molecule has 1 atom stereocenters. The van der Waals surface area contributed by atoms with Crippen molar-refractivity contribution in [2.24, 2.45) is 0 Å². The van der Waals surface area contributed by atoms with Gasteiger partial charge >= 0.3 is 0 Å². The standard InChI is InChI=1S/C27H28N2O4S/c1-18-8-9-24(34-18)20-12-22-16-28(10-11-33-27(22)23(13-20)32-2)26(31)17-29-15-21(14-25(29)30)19-6-4-3-5-7-19/h3-9,12-13,21H,10-11,14-17H2,1-2H3/t21-/m1/s1. The Kier molecular flexibility index (Phi) is 6.28. The SMILES string of the molecule is COc1cc(-c2ccc(C)s2)cc2c1OCCN(C(=O)CN1C[C@H](c3ccccc3)CC1=O)C2. The summed E-state index contributed by atoms with van der Waals surface area (Å²) >= 11 is 1.72. The molecule has 34 heavy (non-hydrogen) atoms. The third-order valence-electron chi connectivity index (χ3n) is 6.51. The van der Waals surface area contributed by atoms with E-state index in [1.165, 1.54) is 4.88 Å². The Balaban J connectivity index is 1.33. The van der Waals surface area contributed by atoms with Gasteiger partial charge in [0.05, 0.1) is 20.2 Å². The summed E-state index contributed by atoms with van der Waals surface area (Å²) < 4.78 is 11.6. The lowest BCUT2D eigenvalue weighted by atomic mass is 9.99. The molecule has 7 heteroatoms. The fourth-order valence-corrected chi connectivity index (χ4v) is 5.57. The van der Waals surface area contributed by atoms with E-state index in [2.05, 4.69) is 25.1 Å². The Bertz CT molecular complexity index is 1210. The number of likely N-dealkylation sites (tertiary alicyclic amines) is 1. The molecular weight excluding hydrogens is 448 g/mol. The molecule has 3 heterocycles. The lowest BCUT2D eigenvalue weighted by molar-refractivity contribution is -0.138. The fourth-order valence-electron chi connectivity index (χ4n) is 4.72. The molecule has 0 N–H and O–H groups in total. The summed E-state index contributed by atoms with van der Waals surface area (Å²) in [7, 11) is 1.64. The molecule has 1 fully saturated rings. The first-order valence-corrected chi connectivity index (χ1v) is 12.3. The highest BCUT2D eigenvalue weighted by Crippen LogP contribution is 2.40. The van der Waals surface area contributed by atoms with E-state index in [9.17, 15) is 9.59 Å². The molecule has 0 saturated carbocycles. The summed E-state index contributed by atoms with van der Waals surface area (Å²) in [5.41, 5.74) is 3.11. The molecule has 0 unspecified atom stereocenters. The van der Waals surface area contributed by atoms with Gasteiger partial charge in [-0.1, -0.05) is 30.3 Å². The number of fused-ring (bicyclic) bond motifs is 1. The van der Waals surface area contributed by atoms with Gasteiger partial charge in [-0.25, -0.2) is 0 Å². The first kappa shape index (κ1) is 22.5. The Morgan fingerprint density at radius 2 is 2.00 bits per heavy atom. The highest BCUT2D eigenvalue weighted by Gasteiger charge is 2.33. The van der Waals surface area contributed by atoms with Crippen LogP contribution in [0.4, 0.5) is 0 Å². The van der Waals surface area contributed by atoms with Crippen LogP contribution in [0.3, 0.4) is 0 Å². The number of rotatable bonds is 5. The minimum Gasteiger partial charge on any atom is -0.493 e. The van der Waals surface area contributed by atoms with Crippen molar-refractivity contribution in [3.63, 3.8) is 0 Å². The second kappa shape index (κ2) is 9.50. The number of hydrogen-bond donors (Lipinski definition) is 0. The molecular formula is C27H28N2O4S. The Labute approximate surface area is 203 Å². The zero-order valence-corrected chi connectivity index (χ0v) is 20.3. The monoisotopic (exact) mass is 476 g/mol. The zero-order chi connectivity index (χ0) is 23.7. The van der Waals surface area contributed by atoms with E-state index in [4.69, 9.17) is 9.47 Å². The number of hydrogen-bond acceptors (Lipinski definition) is 5. The van der Waals surface area contributed by atoms with Crippen molar-refractivity contribution in [3.8, 4) is 21.9 Å². The second-order valence-corrected chi connectivity index (χ2v) is 10.1.